The minimum Gasteiger partial charge on any atom is -0.423 e. The lowest BCUT2D eigenvalue weighted by atomic mass is 10.2. The largest absolute Gasteiger partial charge is 0.423 e. The Bertz CT molecular complexity index is 579. The molecule has 0 aromatic heterocycles. The summed E-state index contributed by atoms with van der Waals surface area (Å²) in [5, 5.41) is 0. The van der Waals surface area contributed by atoms with E-state index in [9.17, 15) is 9.18 Å². The van der Waals surface area contributed by atoms with Gasteiger partial charge in [-0.2, -0.15) is 0 Å². The second kappa shape index (κ2) is 5.31. The van der Waals surface area contributed by atoms with Gasteiger partial charge in [0.15, 0.2) is 0 Å². The Labute approximate surface area is 113 Å². The third-order valence-corrected chi connectivity index (χ3v) is 2.91. The van der Waals surface area contributed by atoms with Crippen LogP contribution in [0.15, 0.2) is 46.9 Å². The Kier molecular flexibility index (Phi) is 3.77. The van der Waals surface area contributed by atoms with E-state index in [-0.39, 0.29) is 5.82 Å². The van der Waals surface area contributed by atoms with E-state index < -0.39 is 5.97 Å². The number of hydrogen-bond acceptors (Lipinski definition) is 2. The van der Waals surface area contributed by atoms with Gasteiger partial charge >= 0.3 is 5.97 Å². The third-order valence-electron chi connectivity index (χ3n) is 2.42. The molecule has 0 atom stereocenters. The summed E-state index contributed by atoms with van der Waals surface area (Å²) in [6.45, 7) is 1.85. The average molecular weight is 309 g/mol. The zero-order chi connectivity index (χ0) is 13.1. The molecule has 0 saturated heterocycles. The molecule has 0 aliphatic heterocycles. The maximum Gasteiger partial charge on any atom is 0.343 e. The van der Waals surface area contributed by atoms with Gasteiger partial charge in [-0.15, -0.1) is 0 Å². The van der Waals surface area contributed by atoms with Crippen molar-refractivity contribution in [3.05, 3.63) is 63.9 Å². The Morgan fingerprint density at radius 3 is 2.44 bits per heavy atom. The zero-order valence-corrected chi connectivity index (χ0v) is 11.2. The summed E-state index contributed by atoms with van der Waals surface area (Å²) < 4.78 is 18.9. The fourth-order valence-corrected chi connectivity index (χ4v) is 1.95. The van der Waals surface area contributed by atoms with Crippen LogP contribution in [0, 0.1) is 12.7 Å². The summed E-state index contributed by atoms with van der Waals surface area (Å²) in [6.07, 6.45) is 0. The third kappa shape index (κ3) is 2.96. The van der Waals surface area contributed by atoms with Gasteiger partial charge < -0.3 is 4.74 Å². The molecule has 0 radical (unpaired) electrons. The minimum atomic E-state index is -0.500. The lowest BCUT2D eigenvalue weighted by Gasteiger charge is -2.07. The van der Waals surface area contributed by atoms with Gasteiger partial charge in [0.05, 0.1) is 5.56 Å². The second-order valence-electron chi connectivity index (χ2n) is 3.81. The lowest BCUT2D eigenvalue weighted by Crippen LogP contribution is -2.09. The number of benzene rings is 2. The van der Waals surface area contributed by atoms with Crippen molar-refractivity contribution in [2.24, 2.45) is 0 Å². The van der Waals surface area contributed by atoms with Crippen LogP contribution >= 0.6 is 15.9 Å². The summed E-state index contributed by atoms with van der Waals surface area (Å²) >= 11 is 3.33. The van der Waals surface area contributed by atoms with Crippen molar-refractivity contribution >= 4 is 21.9 Å². The number of halogens is 2. The number of carbonyl (C=O) groups excluding carboxylic acids is 1. The van der Waals surface area contributed by atoms with Crippen molar-refractivity contribution in [1.82, 2.24) is 0 Å². The van der Waals surface area contributed by atoms with Crippen molar-refractivity contribution in [2.75, 3.05) is 0 Å². The monoisotopic (exact) mass is 308 g/mol. The molecule has 0 N–H and O–H groups in total. The van der Waals surface area contributed by atoms with E-state index in [1.54, 1.807) is 12.1 Å². The molecule has 2 nitrogen and oxygen atoms in total. The Morgan fingerprint density at radius 2 is 1.83 bits per heavy atom. The lowest BCUT2D eigenvalue weighted by molar-refractivity contribution is 0.0733. The molecule has 0 aliphatic rings. The maximum atomic E-state index is 12.7. The van der Waals surface area contributed by atoms with E-state index in [0.29, 0.717) is 11.3 Å². The molecule has 0 aliphatic carbocycles. The van der Waals surface area contributed by atoms with Crippen molar-refractivity contribution in [2.45, 2.75) is 6.92 Å². The van der Waals surface area contributed by atoms with Gasteiger partial charge in [0.2, 0.25) is 0 Å². The van der Waals surface area contributed by atoms with E-state index in [1.807, 2.05) is 13.0 Å². The van der Waals surface area contributed by atoms with Crippen LogP contribution in [0.1, 0.15) is 15.9 Å². The SMILES string of the molecule is Cc1cc(Br)ccc1OC(=O)c1ccc(F)cc1. The molecular formula is C14H10BrFO2. The van der Waals surface area contributed by atoms with Gasteiger partial charge in [0, 0.05) is 4.47 Å². The molecule has 0 unspecified atom stereocenters. The van der Waals surface area contributed by atoms with E-state index in [1.165, 1.54) is 24.3 Å². The van der Waals surface area contributed by atoms with Gasteiger partial charge in [-0.1, -0.05) is 15.9 Å². The highest BCUT2D eigenvalue weighted by Crippen LogP contribution is 2.23. The van der Waals surface area contributed by atoms with E-state index in [2.05, 4.69) is 15.9 Å². The quantitative estimate of drug-likeness (QED) is 0.616. The molecule has 0 spiro atoms. The molecule has 2 aromatic carbocycles. The summed E-state index contributed by atoms with van der Waals surface area (Å²) in [7, 11) is 0. The van der Waals surface area contributed by atoms with Gasteiger partial charge in [-0.25, -0.2) is 9.18 Å². The predicted octanol–water partition coefficient (Wildman–Crippen LogP) is 4.12. The van der Waals surface area contributed by atoms with Crippen LogP contribution in [-0.2, 0) is 0 Å². The van der Waals surface area contributed by atoms with E-state index in [4.69, 9.17) is 4.74 Å². The molecule has 18 heavy (non-hydrogen) atoms. The first-order valence-corrected chi connectivity index (χ1v) is 6.09. The topological polar surface area (TPSA) is 26.3 Å². The summed E-state index contributed by atoms with van der Waals surface area (Å²) in [6, 6.07) is 10.6. The summed E-state index contributed by atoms with van der Waals surface area (Å²) in [5.74, 6) is -0.390. The highest BCUT2D eigenvalue weighted by molar-refractivity contribution is 9.10. The first-order valence-electron chi connectivity index (χ1n) is 5.30. The predicted molar refractivity (Wildman–Crippen MR) is 70.2 cm³/mol. The molecule has 0 bridgehead atoms. The summed E-state index contributed by atoms with van der Waals surface area (Å²) in [4.78, 5) is 11.8. The van der Waals surface area contributed by atoms with Gasteiger partial charge in [-0.3, -0.25) is 0 Å². The Balaban J connectivity index is 2.18. The Hall–Kier alpha value is -1.68. The van der Waals surface area contributed by atoms with E-state index in [0.717, 1.165) is 10.0 Å². The normalized spacial score (nSPS) is 10.2. The molecule has 2 aromatic rings. The molecule has 0 saturated carbocycles. The number of carbonyl (C=O) groups is 1. The van der Waals surface area contributed by atoms with Crippen LogP contribution in [0.2, 0.25) is 0 Å². The van der Waals surface area contributed by atoms with Crippen LogP contribution in [0.5, 0.6) is 5.75 Å². The van der Waals surface area contributed by atoms with Crippen LogP contribution in [0.3, 0.4) is 0 Å². The number of hydrogen-bond donors (Lipinski definition) is 0. The number of esters is 1. The number of aryl methyl sites for hydroxylation is 1. The molecule has 0 fully saturated rings. The molecule has 4 heteroatoms. The standard InChI is InChI=1S/C14H10BrFO2/c1-9-8-11(15)4-7-13(9)18-14(17)10-2-5-12(16)6-3-10/h2-8H,1H3. The second-order valence-corrected chi connectivity index (χ2v) is 4.72. The highest BCUT2D eigenvalue weighted by Gasteiger charge is 2.10. The zero-order valence-electron chi connectivity index (χ0n) is 9.61. The fourth-order valence-electron chi connectivity index (χ4n) is 1.47. The molecule has 2 rings (SSSR count). The smallest absolute Gasteiger partial charge is 0.343 e. The van der Waals surface area contributed by atoms with Crippen LogP contribution < -0.4 is 4.74 Å². The maximum absolute atomic E-state index is 12.7. The highest BCUT2D eigenvalue weighted by atomic mass is 79.9. The van der Waals surface area contributed by atoms with Crippen LogP contribution in [0.25, 0.3) is 0 Å². The van der Waals surface area contributed by atoms with E-state index >= 15 is 0 Å². The van der Waals surface area contributed by atoms with Crippen LogP contribution in [-0.4, -0.2) is 5.97 Å². The van der Waals surface area contributed by atoms with Crippen molar-refractivity contribution in [3.63, 3.8) is 0 Å². The summed E-state index contributed by atoms with van der Waals surface area (Å²) in [5.41, 5.74) is 1.17. The minimum absolute atomic E-state index is 0.318. The van der Waals surface area contributed by atoms with Crippen LogP contribution in [0.4, 0.5) is 4.39 Å². The number of rotatable bonds is 2. The Morgan fingerprint density at radius 1 is 1.17 bits per heavy atom. The van der Waals surface area contributed by atoms with Crippen molar-refractivity contribution < 1.29 is 13.9 Å². The first kappa shape index (κ1) is 12.8. The molecular weight excluding hydrogens is 299 g/mol. The average Bonchev–Trinajstić information content (AvgIpc) is 2.33. The van der Waals surface area contributed by atoms with Crippen molar-refractivity contribution in [3.8, 4) is 5.75 Å². The molecule has 0 amide bonds. The fraction of sp³-hybridized carbons (Fsp3) is 0.0714. The van der Waals surface area contributed by atoms with Crippen molar-refractivity contribution in [1.29, 1.82) is 0 Å². The number of ether oxygens (including phenoxy) is 1. The molecule has 0 heterocycles. The van der Waals surface area contributed by atoms with Gasteiger partial charge in [-0.05, 0) is 55.0 Å². The van der Waals surface area contributed by atoms with Gasteiger partial charge in [0.25, 0.3) is 0 Å². The molecule has 92 valence electrons. The van der Waals surface area contributed by atoms with Gasteiger partial charge in [0.1, 0.15) is 11.6 Å². The first-order chi connectivity index (χ1) is 8.56.